The lowest BCUT2D eigenvalue weighted by Crippen LogP contribution is -2.30. The molecule has 19 heavy (non-hydrogen) atoms. The van der Waals surface area contributed by atoms with E-state index in [0.717, 1.165) is 22.5 Å². The molecule has 0 atom stereocenters. The van der Waals surface area contributed by atoms with Crippen LogP contribution in [0.4, 0.5) is 5.82 Å². The Labute approximate surface area is 112 Å². The van der Waals surface area contributed by atoms with E-state index in [1.54, 1.807) is 0 Å². The molecule has 0 amide bonds. The van der Waals surface area contributed by atoms with Gasteiger partial charge in [0, 0.05) is 24.2 Å². The zero-order valence-corrected chi connectivity index (χ0v) is 11.3. The maximum atomic E-state index is 9.06. The summed E-state index contributed by atoms with van der Waals surface area (Å²) in [7, 11) is 0. The smallest absolute Gasteiger partial charge is 0.162 e. The number of aliphatic hydroxyl groups is 2. The average molecular weight is 261 g/mol. The van der Waals surface area contributed by atoms with Crippen LogP contribution in [0.1, 0.15) is 11.3 Å². The van der Waals surface area contributed by atoms with Gasteiger partial charge >= 0.3 is 0 Å². The maximum absolute atomic E-state index is 9.06. The molecule has 0 aliphatic carbocycles. The number of aromatic nitrogens is 2. The Hall–Kier alpha value is -1.72. The van der Waals surface area contributed by atoms with Gasteiger partial charge in [-0.05, 0) is 37.6 Å². The lowest BCUT2D eigenvalue weighted by atomic mass is 10.1. The summed E-state index contributed by atoms with van der Waals surface area (Å²) in [5.41, 5.74) is 2.79. The predicted octanol–water partition coefficient (Wildman–Crippen LogP) is 1.04. The molecule has 0 saturated carbocycles. The highest BCUT2D eigenvalue weighted by molar-refractivity contribution is 5.80. The van der Waals surface area contributed by atoms with Crippen LogP contribution in [0.25, 0.3) is 11.0 Å². The second-order valence-corrected chi connectivity index (χ2v) is 4.56. The maximum Gasteiger partial charge on any atom is 0.162 e. The Morgan fingerprint density at radius 1 is 1.05 bits per heavy atom. The van der Waals surface area contributed by atoms with Gasteiger partial charge in [-0.1, -0.05) is 0 Å². The first-order valence-electron chi connectivity index (χ1n) is 6.37. The molecule has 0 aromatic carbocycles. The highest BCUT2D eigenvalue weighted by atomic mass is 16.3. The summed E-state index contributed by atoms with van der Waals surface area (Å²) < 4.78 is 0. The van der Waals surface area contributed by atoms with Crippen molar-refractivity contribution in [3.63, 3.8) is 0 Å². The zero-order valence-electron chi connectivity index (χ0n) is 11.3. The van der Waals surface area contributed by atoms with Gasteiger partial charge < -0.3 is 15.1 Å². The highest BCUT2D eigenvalue weighted by Gasteiger charge is 2.09. The first kappa shape index (κ1) is 13.7. The largest absolute Gasteiger partial charge is 0.395 e. The van der Waals surface area contributed by atoms with E-state index in [4.69, 9.17) is 10.2 Å². The van der Waals surface area contributed by atoms with Gasteiger partial charge in [0.2, 0.25) is 0 Å². The van der Waals surface area contributed by atoms with Crippen LogP contribution in [-0.4, -0.2) is 46.5 Å². The molecule has 2 aromatic rings. The lowest BCUT2D eigenvalue weighted by molar-refractivity contribution is 0.280. The van der Waals surface area contributed by atoms with Crippen LogP contribution in [0.5, 0.6) is 0 Å². The minimum absolute atomic E-state index is 0.0278. The standard InChI is InChI=1S/C14H19N3O2/c1-10-9-11(2)15-14-12(10)3-4-13(16-14)17(5-7-18)6-8-19/h3-4,9,18-19H,5-8H2,1-2H3. The lowest BCUT2D eigenvalue weighted by Gasteiger charge is -2.21. The third-order valence-corrected chi connectivity index (χ3v) is 3.06. The van der Waals surface area contributed by atoms with Gasteiger partial charge in [-0.3, -0.25) is 0 Å². The number of anilines is 1. The van der Waals surface area contributed by atoms with Gasteiger partial charge in [0.05, 0.1) is 13.2 Å². The second kappa shape index (κ2) is 5.95. The van der Waals surface area contributed by atoms with E-state index in [9.17, 15) is 0 Å². The van der Waals surface area contributed by atoms with Crippen molar-refractivity contribution in [1.82, 2.24) is 9.97 Å². The third-order valence-electron chi connectivity index (χ3n) is 3.06. The van der Waals surface area contributed by atoms with Crippen LogP contribution in [0.2, 0.25) is 0 Å². The van der Waals surface area contributed by atoms with E-state index in [0.29, 0.717) is 18.7 Å². The first-order valence-corrected chi connectivity index (χ1v) is 6.37. The molecule has 0 saturated heterocycles. The molecule has 2 heterocycles. The molecule has 0 aliphatic rings. The summed E-state index contributed by atoms with van der Waals surface area (Å²) in [5, 5.41) is 19.1. The number of aryl methyl sites for hydroxylation is 2. The minimum atomic E-state index is 0.0278. The van der Waals surface area contributed by atoms with Gasteiger partial charge in [-0.15, -0.1) is 0 Å². The molecule has 0 unspecified atom stereocenters. The van der Waals surface area contributed by atoms with E-state index in [-0.39, 0.29) is 13.2 Å². The van der Waals surface area contributed by atoms with Gasteiger partial charge in [0.25, 0.3) is 0 Å². The molecule has 0 bridgehead atoms. The van der Waals surface area contributed by atoms with Crippen molar-refractivity contribution in [3.05, 3.63) is 29.5 Å². The van der Waals surface area contributed by atoms with E-state index in [1.807, 2.05) is 36.9 Å². The molecule has 2 rings (SSSR count). The van der Waals surface area contributed by atoms with E-state index < -0.39 is 0 Å². The number of hydrogen-bond donors (Lipinski definition) is 2. The fraction of sp³-hybridized carbons (Fsp3) is 0.429. The Morgan fingerprint density at radius 3 is 2.37 bits per heavy atom. The van der Waals surface area contributed by atoms with Crippen molar-refractivity contribution in [3.8, 4) is 0 Å². The quantitative estimate of drug-likeness (QED) is 0.841. The number of rotatable bonds is 5. The van der Waals surface area contributed by atoms with Crippen LogP contribution in [0.3, 0.4) is 0 Å². The Morgan fingerprint density at radius 2 is 1.74 bits per heavy atom. The van der Waals surface area contributed by atoms with Crippen molar-refractivity contribution in [2.24, 2.45) is 0 Å². The van der Waals surface area contributed by atoms with E-state index in [1.165, 1.54) is 0 Å². The van der Waals surface area contributed by atoms with Crippen LogP contribution >= 0.6 is 0 Å². The van der Waals surface area contributed by atoms with Gasteiger partial charge in [0.15, 0.2) is 5.65 Å². The summed E-state index contributed by atoms with van der Waals surface area (Å²) in [5.74, 6) is 0.730. The molecule has 2 N–H and O–H groups in total. The van der Waals surface area contributed by atoms with Crippen LogP contribution in [0, 0.1) is 13.8 Å². The molecule has 0 aliphatic heterocycles. The minimum Gasteiger partial charge on any atom is -0.395 e. The molecule has 2 aromatic heterocycles. The molecule has 5 heteroatoms. The zero-order chi connectivity index (χ0) is 13.8. The second-order valence-electron chi connectivity index (χ2n) is 4.56. The number of aliphatic hydroxyl groups excluding tert-OH is 2. The summed E-state index contributed by atoms with van der Waals surface area (Å²) in [6.45, 7) is 4.94. The molecule has 0 fully saturated rings. The molecular weight excluding hydrogens is 242 g/mol. The van der Waals surface area contributed by atoms with Crippen LogP contribution in [-0.2, 0) is 0 Å². The number of nitrogens with zero attached hydrogens (tertiary/aromatic N) is 3. The monoisotopic (exact) mass is 261 g/mol. The topological polar surface area (TPSA) is 69.5 Å². The van der Waals surface area contributed by atoms with E-state index >= 15 is 0 Å². The normalized spacial score (nSPS) is 10.9. The predicted molar refractivity (Wildman–Crippen MR) is 75.4 cm³/mol. The summed E-state index contributed by atoms with van der Waals surface area (Å²) in [6, 6.07) is 5.92. The summed E-state index contributed by atoms with van der Waals surface area (Å²) in [6.07, 6.45) is 0. The van der Waals surface area contributed by atoms with Crippen molar-refractivity contribution in [2.45, 2.75) is 13.8 Å². The summed E-state index contributed by atoms with van der Waals surface area (Å²) in [4.78, 5) is 10.8. The molecule has 5 nitrogen and oxygen atoms in total. The average Bonchev–Trinajstić information content (AvgIpc) is 2.37. The van der Waals surface area contributed by atoms with E-state index in [2.05, 4.69) is 9.97 Å². The highest BCUT2D eigenvalue weighted by Crippen LogP contribution is 2.20. The fourth-order valence-corrected chi connectivity index (χ4v) is 2.18. The number of pyridine rings is 2. The van der Waals surface area contributed by atoms with Gasteiger partial charge in [-0.25, -0.2) is 9.97 Å². The van der Waals surface area contributed by atoms with Gasteiger partial charge in [0.1, 0.15) is 5.82 Å². The van der Waals surface area contributed by atoms with Crippen molar-refractivity contribution in [1.29, 1.82) is 0 Å². The summed E-state index contributed by atoms with van der Waals surface area (Å²) >= 11 is 0. The SMILES string of the molecule is Cc1cc(C)c2ccc(N(CCO)CCO)nc2n1. The molecule has 102 valence electrons. The van der Waals surface area contributed by atoms with Gasteiger partial charge in [-0.2, -0.15) is 0 Å². The van der Waals surface area contributed by atoms with Crippen molar-refractivity contribution < 1.29 is 10.2 Å². The Bertz CT molecular complexity index is 566. The fourth-order valence-electron chi connectivity index (χ4n) is 2.18. The Balaban J connectivity index is 2.44. The number of fused-ring (bicyclic) bond motifs is 1. The Kier molecular flexibility index (Phi) is 4.29. The van der Waals surface area contributed by atoms with Crippen molar-refractivity contribution in [2.75, 3.05) is 31.2 Å². The molecule has 0 radical (unpaired) electrons. The van der Waals surface area contributed by atoms with Crippen molar-refractivity contribution >= 4 is 16.9 Å². The van der Waals surface area contributed by atoms with Crippen LogP contribution < -0.4 is 4.90 Å². The first-order chi connectivity index (χ1) is 9.15. The molecule has 0 spiro atoms. The third kappa shape index (κ3) is 3.00. The van der Waals surface area contributed by atoms with Crippen LogP contribution in [0.15, 0.2) is 18.2 Å². The molecular formula is C14H19N3O2. The number of hydrogen-bond acceptors (Lipinski definition) is 5.